The highest BCUT2D eigenvalue weighted by Crippen LogP contribution is 2.45. The molecule has 0 saturated heterocycles. The molecule has 0 saturated carbocycles. The maximum atomic E-state index is 13.1. The van der Waals surface area contributed by atoms with E-state index in [0.29, 0.717) is 25.7 Å². The Bertz CT molecular complexity index is 1960. The van der Waals surface area contributed by atoms with E-state index in [0.717, 1.165) is 120 Å². The number of rotatable bonds is 78. The van der Waals surface area contributed by atoms with Gasteiger partial charge in [0.1, 0.15) is 19.3 Å². The molecule has 0 bridgehead atoms. The van der Waals surface area contributed by atoms with E-state index in [2.05, 4.69) is 55.4 Å². The van der Waals surface area contributed by atoms with Crippen LogP contribution in [0.25, 0.3) is 0 Å². The van der Waals surface area contributed by atoms with Crippen molar-refractivity contribution in [1.82, 2.24) is 0 Å². The largest absolute Gasteiger partial charge is 0.472 e. The predicted octanol–water partition coefficient (Wildman–Crippen LogP) is 24.0. The third-order valence-electron chi connectivity index (χ3n) is 19.2. The zero-order valence-electron chi connectivity index (χ0n) is 65.8. The summed E-state index contributed by atoms with van der Waals surface area (Å²) in [5, 5.41) is 10.6. The maximum absolute atomic E-state index is 13.1. The predicted molar refractivity (Wildman–Crippen MR) is 409 cm³/mol. The zero-order valence-corrected chi connectivity index (χ0v) is 67.6. The minimum absolute atomic E-state index is 0.106. The summed E-state index contributed by atoms with van der Waals surface area (Å²) in [6.45, 7) is 14.3. The molecule has 0 aromatic rings. The van der Waals surface area contributed by atoms with E-state index in [-0.39, 0.29) is 25.7 Å². The molecule has 0 aliphatic heterocycles. The molecule has 0 aliphatic carbocycles. The number of aliphatic hydroxyl groups excluding tert-OH is 1. The fraction of sp³-hybridized carbons (Fsp3) is 0.951. The summed E-state index contributed by atoms with van der Waals surface area (Å²) in [6, 6.07) is 0. The minimum Gasteiger partial charge on any atom is -0.462 e. The lowest BCUT2D eigenvalue weighted by Crippen LogP contribution is -2.30. The lowest BCUT2D eigenvalue weighted by molar-refractivity contribution is -0.161. The number of phosphoric ester groups is 2. The summed E-state index contributed by atoms with van der Waals surface area (Å²) in [4.78, 5) is 73.0. The van der Waals surface area contributed by atoms with Crippen molar-refractivity contribution in [1.29, 1.82) is 0 Å². The maximum Gasteiger partial charge on any atom is 0.472 e. The van der Waals surface area contributed by atoms with Crippen molar-refractivity contribution >= 4 is 39.5 Å². The molecule has 3 N–H and O–H groups in total. The average Bonchev–Trinajstić information content (AvgIpc) is 2.20. The molecule has 100 heavy (non-hydrogen) atoms. The molecule has 0 spiro atoms. The van der Waals surface area contributed by atoms with E-state index >= 15 is 0 Å². The fourth-order valence-corrected chi connectivity index (χ4v) is 14.0. The van der Waals surface area contributed by atoms with Gasteiger partial charge in [-0.3, -0.25) is 37.3 Å². The molecular formula is C81H158O17P2. The Labute approximate surface area is 613 Å². The molecule has 0 radical (unpaired) electrons. The zero-order chi connectivity index (χ0) is 73.8. The highest BCUT2D eigenvalue weighted by Gasteiger charge is 2.30. The van der Waals surface area contributed by atoms with Crippen LogP contribution in [0.3, 0.4) is 0 Å². The van der Waals surface area contributed by atoms with Crippen LogP contribution in [0.2, 0.25) is 0 Å². The normalized spacial score (nSPS) is 14.3. The second-order valence-corrected chi connectivity index (χ2v) is 33.7. The van der Waals surface area contributed by atoms with Crippen LogP contribution in [-0.2, 0) is 65.4 Å². The summed E-state index contributed by atoms with van der Waals surface area (Å²) in [5.41, 5.74) is 0. The van der Waals surface area contributed by atoms with Gasteiger partial charge in [-0.25, -0.2) is 9.13 Å². The Balaban J connectivity index is 5.25. The molecule has 6 atom stereocenters. The molecule has 0 heterocycles. The molecule has 0 aliphatic rings. The Morgan fingerprint density at radius 3 is 0.710 bits per heavy atom. The molecule has 17 nitrogen and oxygen atoms in total. The van der Waals surface area contributed by atoms with Crippen LogP contribution in [-0.4, -0.2) is 96.7 Å². The Kier molecular flexibility index (Phi) is 68.7. The summed E-state index contributed by atoms with van der Waals surface area (Å²) in [6.07, 6.45) is 56.9. The molecule has 0 aromatic carbocycles. The molecule has 0 fully saturated rings. The van der Waals surface area contributed by atoms with Crippen molar-refractivity contribution in [3.05, 3.63) is 0 Å². The van der Waals surface area contributed by atoms with Gasteiger partial charge in [-0.1, -0.05) is 364 Å². The van der Waals surface area contributed by atoms with Crippen molar-refractivity contribution in [2.24, 2.45) is 23.7 Å². The number of unbranched alkanes of at least 4 members (excludes halogenated alkanes) is 43. The third-order valence-corrected chi connectivity index (χ3v) is 21.1. The van der Waals surface area contributed by atoms with E-state index in [9.17, 15) is 43.2 Å². The Morgan fingerprint density at radius 1 is 0.280 bits per heavy atom. The van der Waals surface area contributed by atoms with Crippen molar-refractivity contribution in [2.75, 3.05) is 39.6 Å². The van der Waals surface area contributed by atoms with Crippen molar-refractivity contribution in [3.8, 4) is 0 Å². The van der Waals surface area contributed by atoms with Gasteiger partial charge >= 0.3 is 39.5 Å². The smallest absolute Gasteiger partial charge is 0.462 e. The highest BCUT2D eigenvalue weighted by molar-refractivity contribution is 7.47. The first-order valence-corrected chi connectivity index (χ1v) is 44.7. The van der Waals surface area contributed by atoms with Gasteiger partial charge in [0, 0.05) is 25.7 Å². The van der Waals surface area contributed by atoms with Crippen LogP contribution in [0.5, 0.6) is 0 Å². The van der Waals surface area contributed by atoms with Gasteiger partial charge in [-0.05, 0) is 49.4 Å². The number of hydrogen-bond acceptors (Lipinski definition) is 15. The summed E-state index contributed by atoms with van der Waals surface area (Å²) in [5.74, 6) is 0.995. The first-order valence-electron chi connectivity index (χ1n) is 41.7. The second kappa shape index (κ2) is 70.1. The molecule has 0 aromatic heterocycles. The van der Waals surface area contributed by atoms with E-state index in [1.165, 1.54) is 212 Å². The van der Waals surface area contributed by atoms with Gasteiger partial charge < -0.3 is 33.8 Å². The number of carbonyl (C=O) groups is 4. The number of aliphatic hydroxyl groups is 1. The van der Waals surface area contributed by atoms with Crippen LogP contribution in [0.15, 0.2) is 0 Å². The summed E-state index contributed by atoms with van der Waals surface area (Å²) < 4.78 is 68.7. The van der Waals surface area contributed by atoms with Gasteiger partial charge in [0.2, 0.25) is 0 Å². The standard InChI is InChI=1S/C81H158O17P2/c1-9-74(8)60-52-44-39-40-46-54-62-79(84)92-68-77(98-81(86)64-56-48-38-32-26-20-19-23-29-35-43-51-59-73(6)7)70-96-100(89,90)94-66-75(82)65-93-99(87,88)95-69-76(67-91-78(83)61-53-45-36-30-24-17-14-13-16-22-28-34-42-50-58-72(4)5)97-80(85)63-55-47-37-31-25-18-12-10-11-15-21-27-33-41-49-57-71(2)3/h71-77,82H,9-70H2,1-8H3,(H,87,88)(H,89,90)/t74?,75-,76-,77-/m1/s1. The van der Waals surface area contributed by atoms with Crippen LogP contribution in [0.1, 0.15) is 415 Å². The second-order valence-electron chi connectivity index (χ2n) is 30.8. The number of ether oxygens (including phenoxy) is 4. The molecule has 19 heteroatoms. The molecule has 0 amide bonds. The number of phosphoric acid groups is 2. The number of carbonyl (C=O) groups excluding carboxylic acids is 4. The molecular weight excluding hydrogens is 1310 g/mol. The van der Waals surface area contributed by atoms with Gasteiger partial charge in [0.15, 0.2) is 12.2 Å². The third kappa shape index (κ3) is 73.0. The SMILES string of the molecule is CCC(C)CCCCCCCCC(=O)OC[C@H](COP(=O)(O)OC[C@H](O)COP(=O)(O)OC[C@@H](COC(=O)CCCCCCCCCCCCCCCCC(C)C)OC(=O)CCCCCCCCCCCCCCCCCC(C)C)OC(=O)CCCCCCCCCCCCCCC(C)C. The molecule has 594 valence electrons. The van der Waals surface area contributed by atoms with Crippen LogP contribution in [0, 0.1) is 23.7 Å². The van der Waals surface area contributed by atoms with Crippen molar-refractivity contribution in [3.63, 3.8) is 0 Å². The fourth-order valence-electron chi connectivity index (χ4n) is 12.4. The lowest BCUT2D eigenvalue weighted by Gasteiger charge is -2.21. The molecule has 3 unspecified atom stereocenters. The lowest BCUT2D eigenvalue weighted by atomic mass is 10.00. The Hall–Kier alpha value is -1.94. The highest BCUT2D eigenvalue weighted by atomic mass is 31.2. The average molecular weight is 1470 g/mol. The quantitative estimate of drug-likeness (QED) is 0.0222. The first kappa shape index (κ1) is 98.1. The monoisotopic (exact) mass is 1470 g/mol. The van der Waals surface area contributed by atoms with Gasteiger partial charge in [-0.15, -0.1) is 0 Å². The van der Waals surface area contributed by atoms with Crippen molar-refractivity contribution < 1.29 is 80.2 Å². The van der Waals surface area contributed by atoms with Crippen LogP contribution >= 0.6 is 15.6 Å². The Morgan fingerprint density at radius 2 is 0.480 bits per heavy atom. The minimum atomic E-state index is -4.96. The number of esters is 4. The first-order chi connectivity index (χ1) is 48.1. The van der Waals surface area contributed by atoms with E-state index in [4.69, 9.17) is 37.0 Å². The van der Waals surface area contributed by atoms with Crippen LogP contribution < -0.4 is 0 Å². The van der Waals surface area contributed by atoms with Crippen molar-refractivity contribution in [2.45, 2.75) is 433 Å². The summed E-state index contributed by atoms with van der Waals surface area (Å²) >= 11 is 0. The van der Waals surface area contributed by atoms with Gasteiger partial charge in [-0.2, -0.15) is 0 Å². The molecule has 0 rings (SSSR count). The van der Waals surface area contributed by atoms with E-state index in [1.807, 2.05) is 0 Å². The van der Waals surface area contributed by atoms with Gasteiger partial charge in [0.25, 0.3) is 0 Å². The summed E-state index contributed by atoms with van der Waals surface area (Å²) in [7, 11) is -9.92. The number of hydrogen-bond donors (Lipinski definition) is 3. The van der Waals surface area contributed by atoms with E-state index < -0.39 is 97.5 Å². The van der Waals surface area contributed by atoms with Crippen LogP contribution in [0.4, 0.5) is 0 Å². The topological polar surface area (TPSA) is 237 Å². The van der Waals surface area contributed by atoms with E-state index in [1.54, 1.807) is 0 Å². The van der Waals surface area contributed by atoms with Gasteiger partial charge in [0.05, 0.1) is 26.4 Å².